The molecule has 1 aromatic carbocycles. The van der Waals surface area contributed by atoms with Gasteiger partial charge in [0.15, 0.2) is 0 Å². The minimum absolute atomic E-state index is 0.247. The van der Waals surface area contributed by atoms with Crippen LogP contribution in [0.1, 0.15) is 25.3 Å². The molecule has 0 spiro atoms. The molecule has 0 saturated carbocycles. The zero-order chi connectivity index (χ0) is 12.5. The zero-order valence-electron chi connectivity index (χ0n) is 9.86. The van der Waals surface area contributed by atoms with E-state index in [2.05, 4.69) is 0 Å². The number of sulfonamides is 1. The van der Waals surface area contributed by atoms with E-state index in [9.17, 15) is 8.42 Å². The molecule has 0 aliphatic carbocycles. The molecule has 0 N–H and O–H groups in total. The molecule has 0 aliphatic heterocycles. The Morgan fingerprint density at radius 2 is 1.88 bits per heavy atom. The maximum absolute atomic E-state index is 11.5. The molecule has 90 valence electrons. The normalized spacial score (nSPS) is 11.9. The van der Waals surface area contributed by atoms with Crippen molar-refractivity contribution in [2.24, 2.45) is 0 Å². The van der Waals surface area contributed by atoms with Crippen molar-refractivity contribution in [3.8, 4) is 0 Å². The average Bonchev–Trinajstić information content (AvgIpc) is 2.14. The molecule has 0 unspecified atom stereocenters. The molecule has 0 heterocycles. The number of benzene rings is 1. The van der Waals surface area contributed by atoms with Crippen LogP contribution in [0.4, 0.5) is 5.69 Å². The second-order valence-electron chi connectivity index (χ2n) is 4.09. The van der Waals surface area contributed by atoms with Gasteiger partial charge in [0.1, 0.15) is 0 Å². The first-order valence-electron chi connectivity index (χ1n) is 4.97. The fraction of sp³-hybridized carbons (Fsp3) is 0.455. The molecule has 0 atom stereocenters. The van der Waals surface area contributed by atoms with Crippen molar-refractivity contribution >= 4 is 27.3 Å². The topological polar surface area (TPSA) is 37.4 Å². The van der Waals surface area contributed by atoms with Crippen LogP contribution in [0.25, 0.3) is 0 Å². The molecule has 1 aromatic rings. The smallest absolute Gasteiger partial charge is 0.232 e. The van der Waals surface area contributed by atoms with Crippen molar-refractivity contribution in [1.29, 1.82) is 0 Å². The van der Waals surface area contributed by atoms with Gasteiger partial charge in [-0.2, -0.15) is 0 Å². The summed E-state index contributed by atoms with van der Waals surface area (Å²) < 4.78 is 24.3. The van der Waals surface area contributed by atoms with Crippen molar-refractivity contribution < 1.29 is 8.42 Å². The van der Waals surface area contributed by atoms with Gasteiger partial charge in [-0.05, 0) is 23.6 Å². The Morgan fingerprint density at radius 1 is 1.31 bits per heavy atom. The van der Waals surface area contributed by atoms with E-state index in [1.165, 1.54) is 17.6 Å². The number of hydrogen-bond donors (Lipinski definition) is 0. The lowest BCUT2D eigenvalue weighted by Crippen LogP contribution is -2.26. The molecule has 16 heavy (non-hydrogen) atoms. The largest absolute Gasteiger partial charge is 0.273 e. The van der Waals surface area contributed by atoms with Crippen LogP contribution in [-0.4, -0.2) is 21.7 Å². The van der Waals surface area contributed by atoms with Crippen molar-refractivity contribution in [2.75, 3.05) is 17.6 Å². The van der Waals surface area contributed by atoms with Crippen molar-refractivity contribution in [1.82, 2.24) is 0 Å². The molecular weight excluding hydrogens is 246 g/mol. The third kappa shape index (κ3) is 2.89. The molecule has 0 fully saturated rings. The van der Waals surface area contributed by atoms with Gasteiger partial charge in [0, 0.05) is 12.1 Å². The van der Waals surface area contributed by atoms with Crippen molar-refractivity contribution in [3.63, 3.8) is 0 Å². The maximum Gasteiger partial charge on any atom is 0.232 e. The summed E-state index contributed by atoms with van der Waals surface area (Å²) in [6, 6.07) is 5.32. The molecule has 0 amide bonds. The maximum atomic E-state index is 11.5. The number of hydrogen-bond acceptors (Lipinski definition) is 2. The van der Waals surface area contributed by atoms with Gasteiger partial charge >= 0.3 is 0 Å². The van der Waals surface area contributed by atoms with E-state index in [1.54, 1.807) is 12.1 Å². The lowest BCUT2D eigenvalue weighted by atomic mass is 10.0. The predicted molar refractivity (Wildman–Crippen MR) is 68.8 cm³/mol. The molecule has 0 bridgehead atoms. The molecule has 0 radical (unpaired) electrons. The van der Waals surface area contributed by atoms with Gasteiger partial charge in [-0.1, -0.05) is 31.5 Å². The summed E-state index contributed by atoms with van der Waals surface area (Å²) >= 11 is 5.89. The second-order valence-corrected chi connectivity index (χ2v) is 6.54. The second kappa shape index (κ2) is 4.63. The van der Waals surface area contributed by atoms with Gasteiger partial charge in [-0.25, -0.2) is 8.42 Å². The molecular formula is C11H16ClNO2S. The zero-order valence-corrected chi connectivity index (χ0v) is 11.4. The summed E-state index contributed by atoms with van der Waals surface area (Å²) in [5.41, 5.74) is 1.61. The fourth-order valence-corrected chi connectivity index (χ4v) is 2.14. The van der Waals surface area contributed by atoms with Crippen molar-refractivity contribution in [3.05, 3.63) is 28.8 Å². The SMILES string of the molecule is CC(C)c1ccc(Cl)cc1N(C)S(C)(=O)=O. The number of rotatable bonds is 3. The van der Waals surface area contributed by atoms with Crippen LogP contribution >= 0.6 is 11.6 Å². The van der Waals surface area contributed by atoms with E-state index in [1.807, 2.05) is 19.9 Å². The van der Waals surface area contributed by atoms with Gasteiger partial charge in [-0.3, -0.25) is 4.31 Å². The Balaban J connectivity index is 3.36. The Bertz CT molecular complexity index is 483. The number of halogens is 1. The third-order valence-corrected chi connectivity index (χ3v) is 3.88. The molecule has 0 saturated heterocycles. The van der Waals surface area contributed by atoms with E-state index in [4.69, 9.17) is 11.6 Å². The summed E-state index contributed by atoms with van der Waals surface area (Å²) in [5.74, 6) is 0.247. The van der Waals surface area contributed by atoms with E-state index in [0.29, 0.717) is 10.7 Å². The van der Waals surface area contributed by atoms with Gasteiger partial charge < -0.3 is 0 Å². The van der Waals surface area contributed by atoms with E-state index in [-0.39, 0.29) is 5.92 Å². The van der Waals surface area contributed by atoms with E-state index < -0.39 is 10.0 Å². The first-order chi connectivity index (χ1) is 7.23. The van der Waals surface area contributed by atoms with Crippen LogP contribution in [0, 0.1) is 0 Å². The summed E-state index contributed by atoms with van der Waals surface area (Å²) in [5, 5.41) is 0.537. The highest BCUT2D eigenvalue weighted by molar-refractivity contribution is 7.92. The summed E-state index contributed by atoms with van der Waals surface area (Å²) in [4.78, 5) is 0. The van der Waals surface area contributed by atoms with Crippen LogP contribution in [0.3, 0.4) is 0 Å². The first-order valence-corrected chi connectivity index (χ1v) is 7.19. The Morgan fingerprint density at radius 3 is 2.31 bits per heavy atom. The minimum atomic E-state index is -3.25. The molecule has 0 aromatic heterocycles. The lowest BCUT2D eigenvalue weighted by Gasteiger charge is -2.22. The van der Waals surface area contributed by atoms with E-state index in [0.717, 1.165) is 5.56 Å². The Labute approximate surface area is 102 Å². The minimum Gasteiger partial charge on any atom is -0.273 e. The highest BCUT2D eigenvalue weighted by Crippen LogP contribution is 2.30. The lowest BCUT2D eigenvalue weighted by molar-refractivity contribution is 0.600. The van der Waals surface area contributed by atoms with Gasteiger partial charge in [0.2, 0.25) is 10.0 Å². The summed E-state index contributed by atoms with van der Waals surface area (Å²) in [7, 11) is -1.72. The summed E-state index contributed by atoms with van der Waals surface area (Å²) in [6.07, 6.45) is 1.18. The van der Waals surface area contributed by atoms with Crippen LogP contribution in [0.2, 0.25) is 5.02 Å². The number of anilines is 1. The van der Waals surface area contributed by atoms with Gasteiger partial charge in [0.25, 0.3) is 0 Å². The van der Waals surface area contributed by atoms with Crippen molar-refractivity contribution in [2.45, 2.75) is 19.8 Å². The monoisotopic (exact) mass is 261 g/mol. The fourth-order valence-electron chi connectivity index (χ4n) is 1.46. The molecule has 3 nitrogen and oxygen atoms in total. The molecule has 1 rings (SSSR count). The van der Waals surface area contributed by atoms with Crippen LogP contribution in [-0.2, 0) is 10.0 Å². The standard InChI is InChI=1S/C11H16ClNO2S/c1-8(2)10-6-5-9(12)7-11(10)13(3)16(4,14)15/h5-8H,1-4H3. The van der Waals surface area contributed by atoms with Gasteiger partial charge in [-0.15, -0.1) is 0 Å². The predicted octanol–water partition coefficient (Wildman–Crippen LogP) is 2.86. The van der Waals surface area contributed by atoms with Crippen LogP contribution in [0.5, 0.6) is 0 Å². The Hall–Kier alpha value is -0.740. The van der Waals surface area contributed by atoms with Crippen LogP contribution < -0.4 is 4.31 Å². The molecule has 5 heteroatoms. The first kappa shape index (κ1) is 13.3. The van der Waals surface area contributed by atoms with Gasteiger partial charge in [0.05, 0.1) is 11.9 Å². The molecule has 0 aliphatic rings. The highest BCUT2D eigenvalue weighted by Gasteiger charge is 2.17. The highest BCUT2D eigenvalue weighted by atomic mass is 35.5. The summed E-state index contributed by atoms with van der Waals surface area (Å²) in [6.45, 7) is 4.03. The van der Waals surface area contributed by atoms with E-state index >= 15 is 0 Å². The Kier molecular flexibility index (Phi) is 3.86. The third-order valence-electron chi connectivity index (χ3n) is 2.45. The van der Waals surface area contributed by atoms with Crippen LogP contribution in [0.15, 0.2) is 18.2 Å². The quantitative estimate of drug-likeness (QED) is 0.839. The number of nitrogens with zero attached hydrogens (tertiary/aromatic N) is 1. The average molecular weight is 262 g/mol.